The smallest absolute Gasteiger partial charge is 0.420 e. The maximum absolute atomic E-state index is 12.3. The average Bonchev–Trinajstić information content (AvgIpc) is 2.25. The third kappa shape index (κ3) is 6.08. The second-order valence-corrected chi connectivity index (χ2v) is 4.52. The summed E-state index contributed by atoms with van der Waals surface area (Å²) < 4.78 is 102. The zero-order chi connectivity index (χ0) is 18.1. The molecule has 3 nitrogen and oxygen atoms in total. The van der Waals surface area contributed by atoms with Gasteiger partial charge < -0.3 is 10.1 Å². The molecule has 1 amide bonds. The lowest BCUT2D eigenvalue weighted by Crippen LogP contribution is -2.45. The van der Waals surface area contributed by atoms with Crippen LogP contribution in [0.15, 0.2) is 24.3 Å². The molecule has 1 aromatic rings. The van der Waals surface area contributed by atoms with E-state index in [-0.39, 0.29) is 0 Å². The van der Waals surface area contributed by atoms with Gasteiger partial charge in [0.25, 0.3) is 0 Å². The van der Waals surface area contributed by atoms with Crippen LogP contribution in [0.5, 0.6) is 5.75 Å². The summed E-state index contributed by atoms with van der Waals surface area (Å²) in [4.78, 5) is 11.2. The molecule has 12 heteroatoms. The summed E-state index contributed by atoms with van der Waals surface area (Å²) in [5, 5.41) is 1.39. The van der Waals surface area contributed by atoms with Crippen molar-refractivity contribution in [1.82, 2.24) is 0 Å². The first-order chi connectivity index (χ1) is 10.2. The molecule has 0 saturated carbocycles. The van der Waals surface area contributed by atoms with Crippen molar-refractivity contribution in [1.29, 1.82) is 0 Å². The van der Waals surface area contributed by atoms with Crippen LogP contribution < -0.4 is 10.1 Å². The lowest BCUT2D eigenvalue weighted by atomic mass is 10.1. The Morgan fingerprint density at radius 2 is 1.39 bits per heavy atom. The number of halogens is 9. The van der Waals surface area contributed by atoms with E-state index >= 15 is 0 Å². The minimum absolute atomic E-state index is 0.487. The Labute approximate surface area is 128 Å². The summed E-state index contributed by atoms with van der Waals surface area (Å²) in [7, 11) is 0. The zero-order valence-electron chi connectivity index (χ0n) is 10.6. The van der Waals surface area contributed by atoms with Crippen LogP contribution in [-0.2, 0) is 4.79 Å². The minimum atomic E-state index is -5.84. The van der Waals surface area contributed by atoms with E-state index in [9.17, 15) is 39.9 Å². The number of hydrogen-bond acceptors (Lipinski definition) is 2. The van der Waals surface area contributed by atoms with Gasteiger partial charge in [-0.3, -0.25) is 4.79 Å². The first-order valence-electron chi connectivity index (χ1n) is 5.50. The summed E-state index contributed by atoms with van der Waals surface area (Å²) in [5.41, 5.74) is -4.54. The maximum atomic E-state index is 12.3. The number of rotatable bonds is 4. The predicted octanol–water partition coefficient (Wildman–Crippen LogP) is 4.53. The maximum Gasteiger partial charge on any atom is 0.487 e. The Bertz CT molecular complexity index is 535. The number of benzene rings is 1. The van der Waals surface area contributed by atoms with Gasteiger partial charge in [0.05, 0.1) is 0 Å². The van der Waals surface area contributed by atoms with Crippen LogP contribution in [0.25, 0.3) is 0 Å². The summed E-state index contributed by atoms with van der Waals surface area (Å²) >= 11 is 4.46. The molecule has 0 bridgehead atoms. The van der Waals surface area contributed by atoms with Crippen molar-refractivity contribution < 1.29 is 44.7 Å². The van der Waals surface area contributed by atoms with Crippen molar-refractivity contribution in [3.8, 4) is 5.75 Å². The Kier molecular flexibility index (Phi) is 5.34. The lowest BCUT2D eigenvalue weighted by molar-refractivity contribution is -0.272. The molecule has 0 heterocycles. The van der Waals surface area contributed by atoms with Crippen LogP contribution >= 0.6 is 11.6 Å². The van der Waals surface area contributed by atoms with Crippen molar-refractivity contribution in [2.24, 2.45) is 5.92 Å². The predicted molar refractivity (Wildman–Crippen MR) is 62.1 cm³/mol. The topological polar surface area (TPSA) is 38.3 Å². The molecule has 0 atom stereocenters. The third-order valence-electron chi connectivity index (χ3n) is 2.27. The molecule has 0 fully saturated rings. The molecule has 0 aliphatic carbocycles. The van der Waals surface area contributed by atoms with Crippen LogP contribution in [0.4, 0.5) is 40.8 Å². The molecule has 0 radical (unpaired) electrons. The van der Waals surface area contributed by atoms with Crippen molar-refractivity contribution in [3.05, 3.63) is 24.3 Å². The highest BCUT2D eigenvalue weighted by Crippen LogP contribution is 2.40. The summed E-state index contributed by atoms with van der Waals surface area (Å²) in [6, 6.07) is 3.06. The van der Waals surface area contributed by atoms with Crippen LogP contribution in [0.3, 0.4) is 0 Å². The van der Waals surface area contributed by atoms with Gasteiger partial charge in [0, 0.05) is 17.3 Å². The molecule has 0 aromatic heterocycles. The molecule has 0 saturated heterocycles. The van der Waals surface area contributed by atoms with Crippen LogP contribution in [0.2, 0.25) is 0 Å². The molecule has 130 valence electrons. The molecule has 0 aliphatic heterocycles. The van der Waals surface area contributed by atoms with E-state index in [1.807, 2.05) is 0 Å². The van der Waals surface area contributed by atoms with Gasteiger partial charge in [-0.1, -0.05) is 0 Å². The van der Waals surface area contributed by atoms with Gasteiger partial charge in [0.1, 0.15) is 5.75 Å². The van der Waals surface area contributed by atoms with Crippen molar-refractivity contribution in [3.63, 3.8) is 0 Å². The minimum Gasteiger partial charge on any atom is -0.420 e. The van der Waals surface area contributed by atoms with Crippen LogP contribution in [-0.4, -0.2) is 23.8 Å². The number of ether oxygens (including phenoxy) is 1. The van der Waals surface area contributed by atoms with E-state index in [0.717, 1.165) is 24.3 Å². The monoisotopic (exact) mass is 371 g/mol. The van der Waals surface area contributed by atoms with E-state index in [2.05, 4.69) is 16.3 Å². The molecule has 23 heavy (non-hydrogen) atoms. The number of anilines is 1. The quantitative estimate of drug-likeness (QED) is 0.623. The number of hydrogen-bond donors (Lipinski definition) is 1. The highest BCUT2D eigenvalue weighted by molar-refractivity contribution is 6.20. The first kappa shape index (κ1) is 19.3. The van der Waals surface area contributed by atoms with Gasteiger partial charge in [-0.05, 0) is 24.3 Å². The van der Waals surface area contributed by atoms with Crippen molar-refractivity contribution in [2.75, 3.05) is 5.32 Å². The molecule has 0 spiro atoms. The Morgan fingerprint density at radius 3 is 1.74 bits per heavy atom. The number of carbonyl (C=O) groups excluding carboxylic acids is 1. The highest BCUT2D eigenvalue weighted by Gasteiger charge is 2.61. The summed E-state index contributed by atoms with van der Waals surface area (Å²) in [5.74, 6) is -7.11. The van der Waals surface area contributed by atoms with E-state index in [1.54, 1.807) is 0 Å². The molecular weight excluding hydrogens is 366 g/mol. The van der Waals surface area contributed by atoms with Gasteiger partial charge in [0.2, 0.25) is 11.8 Å². The van der Waals surface area contributed by atoms with Gasteiger partial charge in [-0.2, -0.15) is 26.3 Å². The summed E-state index contributed by atoms with van der Waals surface area (Å²) in [6.45, 7) is 0. The number of alkyl halides is 9. The van der Waals surface area contributed by atoms with Gasteiger partial charge >= 0.3 is 17.9 Å². The van der Waals surface area contributed by atoms with Crippen molar-refractivity contribution >= 4 is 23.2 Å². The Hall–Kier alpha value is -1.78. The van der Waals surface area contributed by atoms with Crippen LogP contribution in [0.1, 0.15) is 0 Å². The van der Waals surface area contributed by atoms with E-state index in [4.69, 9.17) is 0 Å². The zero-order valence-corrected chi connectivity index (χ0v) is 11.4. The summed E-state index contributed by atoms with van der Waals surface area (Å²) in [6.07, 6.45) is -11.7. The molecular formula is C11H6ClF8NO2. The van der Waals surface area contributed by atoms with E-state index < -0.39 is 41.2 Å². The molecule has 0 unspecified atom stereocenters. The SMILES string of the molecule is O=C(Nc1ccc(OC(F)(F)Cl)cc1)C(C(F)(F)F)C(F)(F)F. The molecule has 0 aliphatic rings. The number of amides is 1. The normalized spacial score (nSPS) is 13.1. The fourth-order valence-electron chi connectivity index (χ4n) is 1.44. The highest BCUT2D eigenvalue weighted by atomic mass is 35.5. The Morgan fingerprint density at radius 1 is 0.957 bits per heavy atom. The first-order valence-corrected chi connectivity index (χ1v) is 5.88. The van der Waals surface area contributed by atoms with Crippen LogP contribution in [0, 0.1) is 5.92 Å². The number of carbonyl (C=O) groups is 1. The van der Waals surface area contributed by atoms with Gasteiger partial charge in [-0.25, -0.2) is 0 Å². The second-order valence-electron chi connectivity index (χ2n) is 4.08. The van der Waals surface area contributed by atoms with E-state index in [0.29, 0.717) is 0 Å². The molecule has 1 N–H and O–H groups in total. The standard InChI is InChI=1S/C11H6ClF8NO2/c12-11(19,20)23-6-3-1-5(2-4-6)21-8(22)7(9(13,14)15)10(16,17)18/h1-4,7H,(H,21,22). The van der Waals surface area contributed by atoms with Gasteiger partial charge in [-0.15, -0.1) is 8.78 Å². The lowest BCUT2D eigenvalue weighted by Gasteiger charge is -2.22. The average molecular weight is 372 g/mol. The van der Waals surface area contributed by atoms with Gasteiger partial charge in [0.15, 0.2) is 0 Å². The van der Waals surface area contributed by atoms with Crippen molar-refractivity contribution in [2.45, 2.75) is 17.9 Å². The van der Waals surface area contributed by atoms with E-state index in [1.165, 1.54) is 5.32 Å². The third-order valence-corrected chi connectivity index (χ3v) is 2.35. The number of nitrogens with one attached hydrogen (secondary N) is 1. The fourth-order valence-corrected chi connectivity index (χ4v) is 1.53. The fraction of sp³-hybridized carbons (Fsp3) is 0.364. The second kappa shape index (κ2) is 6.38. The Balaban J connectivity index is 2.88. The largest absolute Gasteiger partial charge is 0.487 e. The molecule has 1 aromatic carbocycles. The molecule has 1 rings (SSSR count).